The maximum Gasteiger partial charge on any atom is 0.139 e. The molecule has 0 N–H and O–H groups in total. The fourth-order valence-electron chi connectivity index (χ4n) is 6.40. The van der Waals surface area contributed by atoms with Crippen molar-refractivity contribution in [2.24, 2.45) is 0 Å². The Balaban J connectivity index is 1.57. The van der Waals surface area contributed by atoms with Crippen molar-refractivity contribution in [3.63, 3.8) is 0 Å². The third kappa shape index (κ3) is 5.93. The molecule has 0 spiro atoms. The molecule has 6 heteroatoms. The molecule has 6 rings (SSSR count). The Morgan fingerprint density at radius 3 is 1.83 bits per heavy atom. The zero-order valence-electron chi connectivity index (χ0n) is 27.7. The summed E-state index contributed by atoms with van der Waals surface area (Å²) in [4.78, 5) is 0. The molecule has 0 saturated heterocycles. The highest BCUT2D eigenvalue weighted by Gasteiger charge is 2.40. The van der Waals surface area contributed by atoms with E-state index in [0.717, 1.165) is 33.9 Å². The molecular weight excluding hydrogens is 605 g/mol. The summed E-state index contributed by atoms with van der Waals surface area (Å²) in [6, 6.07) is 42.3. The predicted molar refractivity (Wildman–Crippen MR) is 194 cm³/mol. The second-order valence-electron chi connectivity index (χ2n) is 13.2. The molecular formula is C40H42NO3PS. The molecule has 1 aliphatic heterocycles. The normalized spacial score (nSPS) is 15.1. The molecule has 5 aromatic carbocycles. The van der Waals surface area contributed by atoms with Crippen LogP contribution in [0.25, 0.3) is 0 Å². The maximum absolute atomic E-state index is 14.0. The molecule has 1 aliphatic rings. The molecule has 46 heavy (non-hydrogen) atoms. The van der Waals surface area contributed by atoms with E-state index in [1.54, 1.807) is 7.11 Å². The molecule has 0 aromatic heterocycles. The van der Waals surface area contributed by atoms with E-state index in [9.17, 15) is 4.21 Å². The number of para-hydroxylation sites is 2. The van der Waals surface area contributed by atoms with E-state index in [4.69, 9.17) is 9.47 Å². The van der Waals surface area contributed by atoms with Crippen LogP contribution in [0.15, 0.2) is 121 Å². The third-order valence-corrected chi connectivity index (χ3v) is 13.0. The summed E-state index contributed by atoms with van der Waals surface area (Å²) in [6.45, 7) is 10.6. The van der Waals surface area contributed by atoms with Gasteiger partial charge < -0.3 is 9.47 Å². The van der Waals surface area contributed by atoms with Crippen LogP contribution in [0, 0.1) is 0 Å². The van der Waals surface area contributed by atoms with Gasteiger partial charge in [0.25, 0.3) is 0 Å². The molecule has 0 radical (unpaired) electrons. The summed E-state index contributed by atoms with van der Waals surface area (Å²) in [7, 11) is 1.42. The van der Waals surface area contributed by atoms with E-state index in [1.807, 2.05) is 44.3 Å². The van der Waals surface area contributed by atoms with E-state index in [-0.39, 0.29) is 11.5 Å². The Bertz CT molecular complexity index is 1810. The van der Waals surface area contributed by atoms with Crippen LogP contribution in [0.4, 0.5) is 0 Å². The lowest BCUT2D eigenvalue weighted by atomic mass is 9.74. The van der Waals surface area contributed by atoms with E-state index in [1.165, 1.54) is 21.5 Å². The van der Waals surface area contributed by atoms with Gasteiger partial charge in [0.2, 0.25) is 0 Å². The highest BCUT2D eigenvalue weighted by Crippen LogP contribution is 2.53. The van der Waals surface area contributed by atoms with Crippen LogP contribution in [0.2, 0.25) is 0 Å². The Labute approximate surface area is 277 Å². The van der Waals surface area contributed by atoms with Crippen LogP contribution in [-0.2, 0) is 16.4 Å². The van der Waals surface area contributed by atoms with Crippen molar-refractivity contribution in [2.75, 3.05) is 14.2 Å². The van der Waals surface area contributed by atoms with Crippen molar-refractivity contribution in [2.45, 2.75) is 50.8 Å². The van der Waals surface area contributed by atoms with Gasteiger partial charge in [-0.05, 0) is 57.0 Å². The van der Waals surface area contributed by atoms with Crippen LogP contribution in [0.3, 0.4) is 0 Å². The lowest BCUT2D eigenvalue weighted by Gasteiger charge is -2.40. The first-order chi connectivity index (χ1) is 22.0. The maximum atomic E-state index is 14.0. The van der Waals surface area contributed by atoms with E-state index in [2.05, 4.69) is 123 Å². The molecule has 0 fully saturated rings. The number of methoxy groups -OCH3 is 1. The van der Waals surface area contributed by atoms with Gasteiger partial charge in [-0.1, -0.05) is 123 Å². The Morgan fingerprint density at radius 1 is 0.739 bits per heavy atom. The average Bonchev–Trinajstić information content (AvgIpc) is 3.06. The number of nitrogens with zero attached hydrogens (tertiary/aromatic N) is 1. The number of benzene rings is 5. The smallest absolute Gasteiger partial charge is 0.139 e. The highest BCUT2D eigenvalue weighted by atomic mass is 32.2. The molecule has 0 aliphatic carbocycles. The highest BCUT2D eigenvalue weighted by molar-refractivity contribution is 7.84. The first kappa shape index (κ1) is 32.2. The van der Waals surface area contributed by atoms with Crippen molar-refractivity contribution in [1.29, 1.82) is 0 Å². The number of rotatable bonds is 8. The van der Waals surface area contributed by atoms with Crippen LogP contribution >= 0.6 is 7.92 Å². The summed E-state index contributed by atoms with van der Waals surface area (Å²) in [6.07, 6.45) is 0. The number of hydrogen-bond donors (Lipinski definition) is 0. The van der Waals surface area contributed by atoms with E-state index >= 15 is 0 Å². The zero-order valence-corrected chi connectivity index (χ0v) is 29.4. The molecule has 0 bridgehead atoms. The quantitative estimate of drug-likeness (QED) is 0.159. The largest absolute Gasteiger partial charge is 0.497 e. The zero-order chi connectivity index (χ0) is 32.6. The summed E-state index contributed by atoms with van der Waals surface area (Å²) in [5, 5.41) is 3.73. The SMILES string of the molecule is COc1ccc([C@H](c2cccc3c2Oc2c(P(c4ccccc4)c4ccccc4)cccc2C3(C)C)N(C)S(=O)C(C)(C)C)cc1. The Hall–Kier alpha value is -3.76. The van der Waals surface area contributed by atoms with Gasteiger partial charge in [-0.25, -0.2) is 8.51 Å². The average molecular weight is 648 g/mol. The van der Waals surface area contributed by atoms with Crippen LogP contribution in [-0.4, -0.2) is 27.4 Å². The molecule has 236 valence electrons. The predicted octanol–water partition coefficient (Wildman–Crippen LogP) is 8.37. The topological polar surface area (TPSA) is 38.8 Å². The minimum atomic E-state index is -1.30. The number of ether oxygens (including phenoxy) is 2. The third-order valence-electron chi connectivity index (χ3n) is 8.74. The van der Waals surface area contributed by atoms with Crippen molar-refractivity contribution in [3.8, 4) is 17.2 Å². The molecule has 1 unspecified atom stereocenters. The minimum Gasteiger partial charge on any atom is -0.497 e. The molecule has 4 nitrogen and oxygen atoms in total. The van der Waals surface area contributed by atoms with Crippen molar-refractivity contribution < 1.29 is 13.7 Å². The molecule has 5 aromatic rings. The van der Waals surface area contributed by atoms with Crippen LogP contribution in [0.5, 0.6) is 17.2 Å². The molecule has 0 amide bonds. The lowest BCUT2D eigenvalue weighted by molar-refractivity contribution is 0.389. The van der Waals surface area contributed by atoms with Gasteiger partial charge in [-0.2, -0.15) is 0 Å². The van der Waals surface area contributed by atoms with Gasteiger partial charge >= 0.3 is 0 Å². The van der Waals surface area contributed by atoms with Crippen molar-refractivity contribution in [1.82, 2.24) is 4.31 Å². The monoisotopic (exact) mass is 647 g/mol. The van der Waals surface area contributed by atoms with Gasteiger partial charge in [0.05, 0.1) is 17.9 Å². The van der Waals surface area contributed by atoms with Gasteiger partial charge in [-0.3, -0.25) is 0 Å². The first-order valence-electron chi connectivity index (χ1n) is 15.7. The molecule has 1 heterocycles. The second kappa shape index (κ2) is 12.8. The Kier molecular flexibility index (Phi) is 8.95. The first-order valence-corrected chi connectivity index (χ1v) is 18.1. The fourth-order valence-corrected chi connectivity index (χ4v) is 10.1. The number of fused-ring (bicyclic) bond motifs is 2. The summed E-state index contributed by atoms with van der Waals surface area (Å²) >= 11 is 0. The van der Waals surface area contributed by atoms with Gasteiger partial charge in [0.15, 0.2) is 0 Å². The van der Waals surface area contributed by atoms with Gasteiger partial charge in [0.1, 0.15) is 28.2 Å². The summed E-state index contributed by atoms with van der Waals surface area (Å²) < 4.78 is 28.2. The van der Waals surface area contributed by atoms with Gasteiger partial charge in [0, 0.05) is 34.5 Å². The molecule has 2 atom stereocenters. The van der Waals surface area contributed by atoms with E-state index < -0.39 is 23.7 Å². The van der Waals surface area contributed by atoms with Crippen molar-refractivity contribution in [3.05, 3.63) is 144 Å². The standard InChI is InChI=1S/C40H42NO3PS/c1-39(2,3)46(42)41(6)36(28-24-26-29(43-7)27-25-28)32-20-14-21-33-37(32)44-38-34(40(33,4)5)22-15-23-35(38)45(30-16-10-8-11-17-30)31-18-12-9-13-19-31/h8-27,36H,1-7H3/t36-,46?/m1/s1. The number of hydrogen-bond acceptors (Lipinski definition) is 3. The minimum absolute atomic E-state index is 0.324. The summed E-state index contributed by atoms with van der Waals surface area (Å²) in [5.74, 6) is 2.53. The lowest BCUT2D eigenvalue weighted by Crippen LogP contribution is -2.38. The summed E-state index contributed by atoms with van der Waals surface area (Å²) in [5.41, 5.74) is 3.95. The van der Waals surface area contributed by atoms with Gasteiger partial charge in [-0.15, -0.1) is 0 Å². The van der Waals surface area contributed by atoms with Crippen LogP contribution in [0.1, 0.15) is 62.9 Å². The van der Waals surface area contributed by atoms with Crippen LogP contribution < -0.4 is 25.4 Å². The second-order valence-corrected chi connectivity index (χ2v) is 17.7. The molecule has 0 saturated carbocycles. The fraction of sp³-hybridized carbons (Fsp3) is 0.250. The van der Waals surface area contributed by atoms with E-state index in [0.29, 0.717) is 0 Å². The van der Waals surface area contributed by atoms with Crippen molar-refractivity contribution >= 4 is 34.8 Å². The Morgan fingerprint density at radius 2 is 1.28 bits per heavy atom.